The molecule has 1 N–H and O–H groups in total. The SMILES string of the molecule is CNc1cc(C2=NCC(C3CC3)=N2)ccc1C. The molecule has 0 atom stereocenters. The van der Waals surface area contributed by atoms with Gasteiger partial charge >= 0.3 is 0 Å². The smallest absolute Gasteiger partial charge is 0.155 e. The lowest BCUT2D eigenvalue weighted by Gasteiger charge is -2.06. The summed E-state index contributed by atoms with van der Waals surface area (Å²) in [5.41, 5.74) is 4.81. The normalized spacial score (nSPS) is 18.9. The van der Waals surface area contributed by atoms with Crippen molar-refractivity contribution >= 4 is 17.2 Å². The van der Waals surface area contributed by atoms with Crippen LogP contribution in [0.1, 0.15) is 24.0 Å². The second-order valence-corrected chi connectivity index (χ2v) is 4.80. The van der Waals surface area contributed by atoms with Gasteiger partial charge in [-0.05, 0) is 37.3 Å². The van der Waals surface area contributed by atoms with Crippen LogP contribution in [0.3, 0.4) is 0 Å². The Morgan fingerprint density at radius 1 is 1.29 bits per heavy atom. The molecule has 1 aromatic carbocycles. The molecule has 0 radical (unpaired) electrons. The number of hydrogen-bond acceptors (Lipinski definition) is 3. The summed E-state index contributed by atoms with van der Waals surface area (Å²) >= 11 is 0. The minimum Gasteiger partial charge on any atom is -0.388 e. The lowest BCUT2D eigenvalue weighted by molar-refractivity contribution is 1.14. The molecule has 0 saturated heterocycles. The summed E-state index contributed by atoms with van der Waals surface area (Å²) < 4.78 is 0. The van der Waals surface area contributed by atoms with Crippen molar-refractivity contribution in [2.75, 3.05) is 18.9 Å². The van der Waals surface area contributed by atoms with E-state index in [-0.39, 0.29) is 0 Å². The van der Waals surface area contributed by atoms with Crippen LogP contribution in [-0.2, 0) is 0 Å². The highest BCUT2D eigenvalue weighted by atomic mass is 15.0. The fourth-order valence-electron chi connectivity index (χ4n) is 2.19. The van der Waals surface area contributed by atoms with Crippen molar-refractivity contribution in [3.05, 3.63) is 29.3 Å². The third-order valence-electron chi connectivity index (χ3n) is 3.45. The Bertz CT molecular complexity index is 510. The summed E-state index contributed by atoms with van der Waals surface area (Å²) in [5, 5.41) is 3.20. The zero-order chi connectivity index (χ0) is 11.8. The first kappa shape index (κ1) is 10.5. The maximum Gasteiger partial charge on any atom is 0.155 e. The van der Waals surface area contributed by atoms with E-state index < -0.39 is 0 Å². The minimum atomic E-state index is 0.727. The summed E-state index contributed by atoms with van der Waals surface area (Å²) in [6.45, 7) is 2.91. The molecule has 1 aliphatic carbocycles. The average molecular weight is 227 g/mol. The van der Waals surface area contributed by atoms with Gasteiger partial charge in [0.2, 0.25) is 0 Å². The molecule has 88 valence electrons. The molecule has 0 amide bonds. The summed E-state index contributed by atoms with van der Waals surface area (Å²) in [6, 6.07) is 6.36. The van der Waals surface area contributed by atoms with Gasteiger partial charge in [0.25, 0.3) is 0 Å². The van der Waals surface area contributed by atoms with Crippen molar-refractivity contribution in [1.29, 1.82) is 0 Å². The van der Waals surface area contributed by atoms with Crippen molar-refractivity contribution < 1.29 is 0 Å². The van der Waals surface area contributed by atoms with E-state index in [1.54, 1.807) is 0 Å². The Balaban J connectivity index is 1.89. The number of anilines is 1. The quantitative estimate of drug-likeness (QED) is 0.846. The number of nitrogens with one attached hydrogen (secondary N) is 1. The summed E-state index contributed by atoms with van der Waals surface area (Å²) in [6.07, 6.45) is 2.61. The molecule has 0 bridgehead atoms. The topological polar surface area (TPSA) is 36.8 Å². The Morgan fingerprint density at radius 2 is 2.12 bits per heavy atom. The van der Waals surface area contributed by atoms with E-state index in [1.165, 1.54) is 24.1 Å². The molecule has 2 aliphatic rings. The van der Waals surface area contributed by atoms with Gasteiger partial charge < -0.3 is 5.32 Å². The van der Waals surface area contributed by atoms with E-state index in [0.29, 0.717) is 0 Å². The molecule has 1 aliphatic heterocycles. The average Bonchev–Trinajstić information content (AvgIpc) is 3.08. The second-order valence-electron chi connectivity index (χ2n) is 4.80. The number of aryl methyl sites for hydroxylation is 1. The Labute approximate surface area is 102 Å². The lowest BCUT2D eigenvalue weighted by atomic mass is 10.1. The first-order valence-corrected chi connectivity index (χ1v) is 6.18. The highest BCUT2D eigenvalue weighted by Crippen LogP contribution is 2.32. The van der Waals surface area contributed by atoms with Crippen LogP contribution in [0.25, 0.3) is 0 Å². The molecule has 3 nitrogen and oxygen atoms in total. The highest BCUT2D eigenvalue weighted by Gasteiger charge is 2.29. The van der Waals surface area contributed by atoms with E-state index in [0.717, 1.165) is 29.5 Å². The third-order valence-corrected chi connectivity index (χ3v) is 3.45. The molecule has 3 rings (SSSR count). The van der Waals surface area contributed by atoms with Crippen molar-refractivity contribution in [3.63, 3.8) is 0 Å². The molecule has 1 heterocycles. The largest absolute Gasteiger partial charge is 0.388 e. The Morgan fingerprint density at radius 3 is 2.82 bits per heavy atom. The molecule has 1 aromatic rings. The number of nitrogens with zero attached hydrogens (tertiary/aromatic N) is 2. The Kier molecular flexibility index (Phi) is 2.46. The van der Waals surface area contributed by atoms with Gasteiger partial charge in [-0.1, -0.05) is 12.1 Å². The predicted octanol–water partition coefficient (Wildman–Crippen LogP) is 2.65. The van der Waals surface area contributed by atoms with Crippen LogP contribution in [0.5, 0.6) is 0 Å². The zero-order valence-electron chi connectivity index (χ0n) is 10.3. The Hall–Kier alpha value is -1.64. The van der Waals surface area contributed by atoms with Crippen LogP contribution in [0.15, 0.2) is 28.2 Å². The molecule has 0 aromatic heterocycles. The monoisotopic (exact) mass is 227 g/mol. The van der Waals surface area contributed by atoms with Gasteiger partial charge in [-0.25, -0.2) is 4.99 Å². The first-order chi connectivity index (χ1) is 8.28. The van der Waals surface area contributed by atoms with Crippen molar-refractivity contribution in [2.24, 2.45) is 15.9 Å². The fraction of sp³-hybridized carbons (Fsp3) is 0.429. The lowest BCUT2D eigenvalue weighted by Crippen LogP contribution is -2.01. The van der Waals surface area contributed by atoms with Gasteiger partial charge in [0, 0.05) is 24.0 Å². The van der Waals surface area contributed by atoms with E-state index in [1.807, 2.05) is 7.05 Å². The number of amidine groups is 1. The van der Waals surface area contributed by atoms with Gasteiger partial charge in [-0.15, -0.1) is 0 Å². The molecular weight excluding hydrogens is 210 g/mol. The van der Waals surface area contributed by atoms with Crippen LogP contribution in [0.2, 0.25) is 0 Å². The molecule has 0 unspecified atom stereocenters. The number of aliphatic imine (C=N–C) groups is 2. The summed E-state index contributed by atoms with van der Waals surface area (Å²) in [7, 11) is 1.95. The molecule has 1 fully saturated rings. The molecule has 3 heteroatoms. The molecule has 17 heavy (non-hydrogen) atoms. The fourth-order valence-corrected chi connectivity index (χ4v) is 2.19. The standard InChI is InChI=1S/C14H17N3/c1-9-3-4-11(7-12(9)15-2)14-16-8-13(17-14)10-5-6-10/h3-4,7,10,15H,5-6,8H2,1-2H3. The van der Waals surface area contributed by atoms with Gasteiger partial charge in [-0.3, -0.25) is 4.99 Å². The molecule has 1 saturated carbocycles. The summed E-state index contributed by atoms with van der Waals surface area (Å²) in [5.74, 6) is 1.63. The number of hydrogen-bond donors (Lipinski definition) is 1. The van der Waals surface area contributed by atoms with Crippen LogP contribution < -0.4 is 5.32 Å². The molecule has 0 spiro atoms. The van der Waals surface area contributed by atoms with Crippen molar-refractivity contribution in [2.45, 2.75) is 19.8 Å². The predicted molar refractivity (Wildman–Crippen MR) is 72.3 cm³/mol. The van der Waals surface area contributed by atoms with Crippen molar-refractivity contribution in [3.8, 4) is 0 Å². The van der Waals surface area contributed by atoms with Gasteiger partial charge in [0.05, 0.1) is 6.54 Å². The van der Waals surface area contributed by atoms with Gasteiger partial charge in [0.15, 0.2) is 5.84 Å². The second kappa shape index (κ2) is 3.99. The van der Waals surface area contributed by atoms with Crippen LogP contribution >= 0.6 is 0 Å². The van der Waals surface area contributed by atoms with Crippen LogP contribution in [0.4, 0.5) is 5.69 Å². The molecular formula is C14H17N3. The minimum absolute atomic E-state index is 0.727. The van der Waals surface area contributed by atoms with Gasteiger partial charge in [-0.2, -0.15) is 0 Å². The number of rotatable bonds is 3. The van der Waals surface area contributed by atoms with E-state index in [2.05, 4.69) is 40.4 Å². The van der Waals surface area contributed by atoms with Crippen LogP contribution in [0, 0.1) is 12.8 Å². The van der Waals surface area contributed by atoms with Crippen molar-refractivity contribution in [1.82, 2.24) is 0 Å². The van der Waals surface area contributed by atoms with E-state index >= 15 is 0 Å². The maximum atomic E-state index is 4.66. The van der Waals surface area contributed by atoms with E-state index in [9.17, 15) is 0 Å². The number of benzene rings is 1. The maximum absolute atomic E-state index is 4.66. The summed E-state index contributed by atoms with van der Waals surface area (Å²) in [4.78, 5) is 9.20. The van der Waals surface area contributed by atoms with E-state index in [4.69, 9.17) is 0 Å². The van der Waals surface area contributed by atoms with Gasteiger partial charge in [0.1, 0.15) is 0 Å². The highest BCUT2D eigenvalue weighted by molar-refractivity contribution is 6.13. The first-order valence-electron chi connectivity index (χ1n) is 6.18. The van der Waals surface area contributed by atoms with Crippen LogP contribution in [-0.4, -0.2) is 25.1 Å². The third kappa shape index (κ3) is 1.97. The zero-order valence-corrected chi connectivity index (χ0v) is 10.3.